The van der Waals surface area contributed by atoms with Crippen molar-refractivity contribution in [2.24, 2.45) is 0 Å². The van der Waals surface area contributed by atoms with Crippen LogP contribution in [0.3, 0.4) is 0 Å². The van der Waals surface area contributed by atoms with Gasteiger partial charge in [0, 0.05) is 22.9 Å². The number of benzene rings is 1. The number of thiazole rings is 1. The van der Waals surface area contributed by atoms with Crippen molar-refractivity contribution < 1.29 is 4.79 Å². The third kappa shape index (κ3) is 2.67. The molecule has 20 heavy (non-hydrogen) atoms. The molecule has 0 fully saturated rings. The number of fused-ring (bicyclic) bond motifs is 1. The lowest BCUT2D eigenvalue weighted by molar-refractivity contribution is 0.0933. The maximum absolute atomic E-state index is 12.2. The van der Waals surface area contributed by atoms with E-state index in [4.69, 9.17) is 5.73 Å². The van der Waals surface area contributed by atoms with E-state index in [-0.39, 0.29) is 11.9 Å². The molecular formula is C15H17N3OS. The zero-order valence-electron chi connectivity index (χ0n) is 11.3. The third-order valence-corrected chi connectivity index (χ3v) is 4.52. The van der Waals surface area contributed by atoms with Gasteiger partial charge in [-0.3, -0.25) is 4.79 Å². The van der Waals surface area contributed by atoms with Gasteiger partial charge in [-0.1, -0.05) is 17.7 Å². The number of nitrogen functional groups attached to an aromatic ring is 1. The number of rotatable bonds is 2. The van der Waals surface area contributed by atoms with Gasteiger partial charge in [0.15, 0.2) is 5.13 Å². The summed E-state index contributed by atoms with van der Waals surface area (Å²) in [6, 6.07) is 7.84. The van der Waals surface area contributed by atoms with Crippen LogP contribution in [0.5, 0.6) is 0 Å². The molecule has 1 aliphatic rings. The number of hydrogen-bond donors (Lipinski definition) is 2. The van der Waals surface area contributed by atoms with Gasteiger partial charge in [0.05, 0.1) is 5.69 Å². The number of nitrogens with one attached hydrogen (secondary N) is 1. The average Bonchev–Trinajstić information content (AvgIpc) is 2.78. The summed E-state index contributed by atoms with van der Waals surface area (Å²) in [5.74, 6) is -0.000336. The predicted molar refractivity (Wildman–Crippen MR) is 81.0 cm³/mol. The van der Waals surface area contributed by atoms with Gasteiger partial charge in [0.25, 0.3) is 5.91 Å². The molecule has 5 heteroatoms. The maximum Gasteiger partial charge on any atom is 0.251 e. The Hall–Kier alpha value is -1.88. The number of aryl methyl sites for hydroxylation is 2. The summed E-state index contributed by atoms with van der Waals surface area (Å²) in [6.07, 6.45) is 2.65. The minimum atomic E-state index is -0.000336. The average molecular weight is 287 g/mol. The van der Waals surface area contributed by atoms with Crippen LogP contribution in [0.2, 0.25) is 0 Å². The van der Waals surface area contributed by atoms with Gasteiger partial charge in [-0.2, -0.15) is 0 Å². The first-order valence-corrected chi connectivity index (χ1v) is 7.55. The van der Waals surface area contributed by atoms with E-state index in [1.54, 1.807) is 0 Å². The summed E-state index contributed by atoms with van der Waals surface area (Å²) in [5.41, 5.74) is 8.66. The zero-order valence-corrected chi connectivity index (χ0v) is 12.2. The maximum atomic E-state index is 12.2. The van der Waals surface area contributed by atoms with Crippen molar-refractivity contribution in [1.29, 1.82) is 0 Å². The van der Waals surface area contributed by atoms with Gasteiger partial charge in [-0.05, 0) is 31.9 Å². The normalized spacial score (nSPS) is 17.6. The molecule has 1 amide bonds. The second kappa shape index (κ2) is 5.25. The Labute approximate surface area is 122 Å². The van der Waals surface area contributed by atoms with Crippen LogP contribution in [-0.2, 0) is 12.8 Å². The van der Waals surface area contributed by atoms with E-state index >= 15 is 0 Å². The van der Waals surface area contributed by atoms with E-state index in [0.29, 0.717) is 5.13 Å². The first-order valence-electron chi connectivity index (χ1n) is 6.73. The summed E-state index contributed by atoms with van der Waals surface area (Å²) in [6.45, 7) is 1.99. The van der Waals surface area contributed by atoms with Gasteiger partial charge in [0.2, 0.25) is 0 Å². The molecule has 1 heterocycles. The molecule has 1 unspecified atom stereocenters. The van der Waals surface area contributed by atoms with Crippen LogP contribution >= 0.6 is 11.3 Å². The smallest absolute Gasteiger partial charge is 0.251 e. The number of amides is 1. The fraction of sp³-hybridized carbons (Fsp3) is 0.333. The Balaban J connectivity index is 1.69. The van der Waals surface area contributed by atoms with Crippen molar-refractivity contribution in [2.45, 2.75) is 32.2 Å². The van der Waals surface area contributed by atoms with Crippen LogP contribution in [-0.4, -0.2) is 16.9 Å². The van der Waals surface area contributed by atoms with E-state index in [9.17, 15) is 4.79 Å². The van der Waals surface area contributed by atoms with E-state index in [1.165, 1.54) is 16.2 Å². The van der Waals surface area contributed by atoms with Crippen LogP contribution in [0, 0.1) is 6.92 Å². The van der Waals surface area contributed by atoms with E-state index in [2.05, 4.69) is 10.3 Å². The molecule has 0 saturated carbocycles. The number of nitrogens with zero attached hydrogens (tertiary/aromatic N) is 1. The summed E-state index contributed by atoms with van der Waals surface area (Å²) < 4.78 is 0. The van der Waals surface area contributed by atoms with Crippen molar-refractivity contribution in [3.8, 4) is 0 Å². The molecule has 0 aliphatic heterocycles. The lowest BCUT2D eigenvalue weighted by Gasteiger charge is -2.22. The van der Waals surface area contributed by atoms with E-state index < -0.39 is 0 Å². The summed E-state index contributed by atoms with van der Waals surface area (Å²) in [5, 5.41) is 3.74. The highest BCUT2D eigenvalue weighted by molar-refractivity contribution is 7.15. The number of carbonyl (C=O) groups excluding carboxylic acids is 1. The highest BCUT2D eigenvalue weighted by Gasteiger charge is 2.23. The monoisotopic (exact) mass is 287 g/mol. The first-order chi connectivity index (χ1) is 9.61. The number of hydrogen-bond acceptors (Lipinski definition) is 4. The zero-order chi connectivity index (χ0) is 14.1. The second-order valence-electron chi connectivity index (χ2n) is 5.20. The highest BCUT2D eigenvalue weighted by Crippen LogP contribution is 2.28. The standard InChI is InChI=1S/C15H17N3OS/c1-9-3-2-4-10(7-9)14(19)17-11-5-6-12-13(8-11)20-15(16)18-12/h2-4,7,11H,5-6,8H2,1H3,(H2,16,18)(H,17,19). The largest absolute Gasteiger partial charge is 0.375 e. The molecule has 1 atom stereocenters. The lowest BCUT2D eigenvalue weighted by Crippen LogP contribution is -2.38. The molecule has 0 radical (unpaired) electrons. The third-order valence-electron chi connectivity index (χ3n) is 3.57. The summed E-state index contributed by atoms with van der Waals surface area (Å²) in [7, 11) is 0. The minimum Gasteiger partial charge on any atom is -0.375 e. The van der Waals surface area contributed by atoms with Gasteiger partial charge in [-0.25, -0.2) is 4.98 Å². The summed E-state index contributed by atoms with van der Waals surface area (Å²) in [4.78, 5) is 17.8. The molecule has 3 rings (SSSR count). The van der Waals surface area contributed by atoms with Crippen LogP contribution in [0.1, 0.15) is 32.9 Å². The molecular weight excluding hydrogens is 270 g/mol. The number of carbonyl (C=O) groups is 1. The Bertz CT molecular complexity index is 650. The second-order valence-corrected chi connectivity index (χ2v) is 6.32. The molecule has 0 saturated heterocycles. The molecule has 3 N–H and O–H groups in total. The van der Waals surface area contributed by atoms with Crippen molar-refractivity contribution in [2.75, 3.05) is 5.73 Å². The number of aromatic nitrogens is 1. The lowest BCUT2D eigenvalue weighted by atomic mass is 9.97. The first kappa shape index (κ1) is 13.1. The topological polar surface area (TPSA) is 68.0 Å². The predicted octanol–water partition coefficient (Wildman–Crippen LogP) is 2.32. The van der Waals surface area contributed by atoms with Crippen molar-refractivity contribution in [3.05, 3.63) is 46.0 Å². The van der Waals surface area contributed by atoms with Crippen LogP contribution in [0.15, 0.2) is 24.3 Å². The van der Waals surface area contributed by atoms with Crippen LogP contribution in [0.4, 0.5) is 5.13 Å². The fourth-order valence-corrected chi connectivity index (χ4v) is 3.53. The van der Waals surface area contributed by atoms with Gasteiger partial charge in [-0.15, -0.1) is 11.3 Å². The van der Waals surface area contributed by atoms with Gasteiger partial charge >= 0.3 is 0 Å². The van der Waals surface area contributed by atoms with Crippen molar-refractivity contribution in [1.82, 2.24) is 10.3 Å². The molecule has 1 aromatic carbocycles. The molecule has 104 valence electrons. The van der Waals surface area contributed by atoms with E-state index in [0.717, 1.165) is 36.1 Å². The number of anilines is 1. The minimum absolute atomic E-state index is 0.000336. The van der Waals surface area contributed by atoms with E-state index in [1.807, 2.05) is 31.2 Å². The Kier molecular flexibility index (Phi) is 3.44. The Morgan fingerprint density at radius 1 is 1.50 bits per heavy atom. The SMILES string of the molecule is Cc1cccc(C(=O)NC2CCc3nc(N)sc3C2)c1. The van der Waals surface area contributed by atoms with Gasteiger partial charge in [0.1, 0.15) is 0 Å². The molecule has 0 bridgehead atoms. The molecule has 1 aromatic heterocycles. The molecule has 2 aromatic rings. The highest BCUT2D eigenvalue weighted by atomic mass is 32.1. The van der Waals surface area contributed by atoms with Crippen molar-refractivity contribution >= 4 is 22.4 Å². The quantitative estimate of drug-likeness (QED) is 0.890. The van der Waals surface area contributed by atoms with Crippen LogP contribution < -0.4 is 11.1 Å². The molecule has 4 nitrogen and oxygen atoms in total. The van der Waals surface area contributed by atoms with Crippen molar-refractivity contribution in [3.63, 3.8) is 0 Å². The van der Waals surface area contributed by atoms with Crippen LogP contribution in [0.25, 0.3) is 0 Å². The van der Waals surface area contributed by atoms with Gasteiger partial charge < -0.3 is 11.1 Å². The molecule has 1 aliphatic carbocycles. The summed E-state index contributed by atoms with van der Waals surface area (Å²) >= 11 is 1.53. The fourth-order valence-electron chi connectivity index (χ4n) is 2.57. The Morgan fingerprint density at radius 2 is 2.35 bits per heavy atom. The molecule has 0 spiro atoms. The Morgan fingerprint density at radius 3 is 3.15 bits per heavy atom. The number of nitrogens with two attached hydrogens (primary N) is 1.